The van der Waals surface area contributed by atoms with Gasteiger partial charge in [0.1, 0.15) is 5.82 Å². The Hall–Kier alpha value is -3.22. The number of hydrogen-bond acceptors (Lipinski definition) is 4. The number of piperidine rings is 1. The Balaban J connectivity index is 1.40. The molecule has 1 aromatic heterocycles. The van der Waals surface area contributed by atoms with Crippen LogP contribution in [0.2, 0.25) is 0 Å². The van der Waals surface area contributed by atoms with Gasteiger partial charge in [0.25, 0.3) is 0 Å². The van der Waals surface area contributed by atoms with Gasteiger partial charge in [-0.3, -0.25) is 0 Å². The minimum Gasteiger partial charge on any atom is -0.339 e. The van der Waals surface area contributed by atoms with Crippen LogP contribution >= 0.6 is 0 Å². The minimum atomic E-state index is -0.310. The lowest BCUT2D eigenvalue weighted by Gasteiger charge is -2.31. The first kappa shape index (κ1) is 20.1. The van der Waals surface area contributed by atoms with Gasteiger partial charge in [0.2, 0.25) is 11.7 Å². The number of carbonyl (C=O) groups excluding carboxylic acids is 1. The maximum atomic E-state index is 13.1. The number of carbonyl (C=O) groups is 1. The summed E-state index contributed by atoms with van der Waals surface area (Å²) in [5.74, 6) is 1.06. The quantitative estimate of drug-likeness (QED) is 0.626. The lowest BCUT2D eigenvalue weighted by atomic mass is 9.98. The molecule has 156 valence electrons. The lowest BCUT2D eigenvalue weighted by molar-refractivity contribution is 0.184. The van der Waals surface area contributed by atoms with Crippen LogP contribution in [0.5, 0.6) is 0 Å². The highest BCUT2D eigenvalue weighted by Gasteiger charge is 2.28. The van der Waals surface area contributed by atoms with Crippen molar-refractivity contribution in [3.8, 4) is 11.4 Å². The molecule has 2 heterocycles. The van der Waals surface area contributed by atoms with Crippen LogP contribution in [0.25, 0.3) is 11.4 Å². The van der Waals surface area contributed by atoms with E-state index in [1.165, 1.54) is 17.7 Å². The Labute approximate surface area is 175 Å². The molecule has 0 saturated carbocycles. The number of benzene rings is 2. The summed E-state index contributed by atoms with van der Waals surface area (Å²) in [4.78, 5) is 19.0. The second kappa shape index (κ2) is 8.65. The fourth-order valence-electron chi connectivity index (χ4n) is 3.63. The van der Waals surface area contributed by atoms with Crippen LogP contribution in [0.1, 0.15) is 50.0 Å². The Morgan fingerprint density at radius 3 is 2.60 bits per heavy atom. The Morgan fingerprint density at radius 2 is 1.90 bits per heavy atom. The highest BCUT2D eigenvalue weighted by Crippen LogP contribution is 2.28. The minimum absolute atomic E-state index is 0.0190. The molecular weight excluding hydrogens is 383 g/mol. The summed E-state index contributed by atoms with van der Waals surface area (Å²) in [6, 6.07) is 13.8. The number of nitrogens with one attached hydrogen (secondary N) is 1. The van der Waals surface area contributed by atoms with Gasteiger partial charge in [-0.15, -0.1) is 0 Å². The molecule has 0 radical (unpaired) electrons. The Bertz CT molecular complexity index is 999. The van der Waals surface area contributed by atoms with Gasteiger partial charge in [-0.1, -0.05) is 31.1 Å². The van der Waals surface area contributed by atoms with Crippen molar-refractivity contribution >= 4 is 11.7 Å². The molecule has 1 N–H and O–H groups in total. The van der Waals surface area contributed by atoms with E-state index < -0.39 is 0 Å². The van der Waals surface area contributed by atoms with E-state index in [1.807, 2.05) is 24.3 Å². The molecule has 4 rings (SSSR count). The predicted octanol–water partition coefficient (Wildman–Crippen LogP) is 5.41. The van der Waals surface area contributed by atoms with E-state index in [0.29, 0.717) is 36.3 Å². The molecule has 0 bridgehead atoms. The second-order valence-corrected chi connectivity index (χ2v) is 7.96. The van der Waals surface area contributed by atoms with Crippen molar-refractivity contribution in [2.75, 3.05) is 18.4 Å². The van der Waals surface area contributed by atoms with E-state index >= 15 is 0 Å². The van der Waals surface area contributed by atoms with E-state index in [2.05, 4.69) is 29.3 Å². The molecule has 1 aliphatic rings. The number of halogens is 1. The molecule has 1 fully saturated rings. The standard InChI is InChI=1S/C23H25FN4O2/c1-15(2)16-7-11-20(12-8-16)25-23(29)28-13-3-4-18(14-28)22-26-21(27-30-22)17-5-9-19(24)10-6-17/h5-12,15,18H,3-4,13-14H2,1-2H3,(H,25,29)/t18-/m1/s1. The normalized spacial score (nSPS) is 16.7. The number of nitrogens with zero attached hydrogens (tertiary/aromatic N) is 3. The largest absolute Gasteiger partial charge is 0.339 e. The molecule has 3 aromatic rings. The first-order valence-electron chi connectivity index (χ1n) is 10.2. The summed E-state index contributed by atoms with van der Waals surface area (Å²) in [6.07, 6.45) is 1.73. The van der Waals surface area contributed by atoms with E-state index in [0.717, 1.165) is 18.5 Å². The van der Waals surface area contributed by atoms with Crippen molar-refractivity contribution in [2.24, 2.45) is 0 Å². The molecule has 30 heavy (non-hydrogen) atoms. The number of likely N-dealkylation sites (tertiary alicyclic amines) is 1. The van der Waals surface area contributed by atoms with Gasteiger partial charge in [-0.05, 0) is 60.7 Å². The fraction of sp³-hybridized carbons (Fsp3) is 0.348. The molecule has 2 aromatic carbocycles. The zero-order valence-electron chi connectivity index (χ0n) is 17.1. The Kier molecular flexibility index (Phi) is 5.79. The monoisotopic (exact) mass is 408 g/mol. The molecule has 0 spiro atoms. The number of rotatable bonds is 4. The molecule has 0 unspecified atom stereocenters. The first-order valence-corrected chi connectivity index (χ1v) is 10.2. The topological polar surface area (TPSA) is 71.3 Å². The van der Waals surface area contributed by atoms with Crippen LogP contribution in [0.3, 0.4) is 0 Å². The predicted molar refractivity (Wildman–Crippen MR) is 113 cm³/mol. The summed E-state index contributed by atoms with van der Waals surface area (Å²) < 4.78 is 18.6. The highest BCUT2D eigenvalue weighted by atomic mass is 19.1. The summed E-state index contributed by atoms with van der Waals surface area (Å²) >= 11 is 0. The molecule has 7 heteroatoms. The zero-order chi connectivity index (χ0) is 21.1. The summed E-state index contributed by atoms with van der Waals surface area (Å²) in [7, 11) is 0. The van der Waals surface area contributed by atoms with E-state index in [1.54, 1.807) is 17.0 Å². The average Bonchev–Trinajstić information content (AvgIpc) is 3.25. The van der Waals surface area contributed by atoms with Crippen molar-refractivity contribution < 1.29 is 13.7 Å². The molecular formula is C23H25FN4O2. The first-order chi connectivity index (χ1) is 14.5. The van der Waals surface area contributed by atoms with E-state index in [-0.39, 0.29) is 17.8 Å². The number of aromatic nitrogens is 2. The zero-order valence-corrected chi connectivity index (χ0v) is 17.1. The van der Waals surface area contributed by atoms with Gasteiger partial charge in [-0.2, -0.15) is 4.98 Å². The van der Waals surface area contributed by atoms with Crippen molar-refractivity contribution in [3.63, 3.8) is 0 Å². The molecule has 1 saturated heterocycles. The summed E-state index contributed by atoms with van der Waals surface area (Å²) in [5.41, 5.74) is 2.71. The Morgan fingerprint density at radius 1 is 1.17 bits per heavy atom. The van der Waals surface area contributed by atoms with Gasteiger partial charge >= 0.3 is 6.03 Å². The van der Waals surface area contributed by atoms with Gasteiger partial charge < -0.3 is 14.7 Å². The number of urea groups is 1. The maximum absolute atomic E-state index is 13.1. The molecule has 0 aliphatic carbocycles. The molecule has 1 aliphatic heterocycles. The maximum Gasteiger partial charge on any atom is 0.321 e. The summed E-state index contributed by atoms with van der Waals surface area (Å²) in [6.45, 7) is 5.48. The molecule has 6 nitrogen and oxygen atoms in total. The van der Waals surface area contributed by atoms with Crippen molar-refractivity contribution in [2.45, 2.75) is 38.5 Å². The third-order valence-corrected chi connectivity index (χ3v) is 5.43. The van der Waals surface area contributed by atoms with Gasteiger partial charge in [0, 0.05) is 24.3 Å². The van der Waals surface area contributed by atoms with Crippen LogP contribution in [0.4, 0.5) is 14.9 Å². The number of hydrogen-bond donors (Lipinski definition) is 1. The summed E-state index contributed by atoms with van der Waals surface area (Å²) in [5, 5.41) is 6.99. The highest BCUT2D eigenvalue weighted by molar-refractivity contribution is 5.89. The third-order valence-electron chi connectivity index (χ3n) is 5.43. The van der Waals surface area contributed by atoms with Crippen LogP contribution in [-0.2, 0) is 0 Å². The number of amides is 2. The average molecular weight is 408 g/mol. The van der Waals surface area contributed by atoms with E-state index in [4.69, 9.17) is 4.52 Å². The van der Waals surface area contributed by atoms with Crippen LogP contribution in [0, 0.1) is 5.82 Å². The van der Waals surface area contributed by atoms with Gasteiger partial charge in [0.15, 0.2) is 0 Å². The van der Waals surface area contributed by atoms with Crippen molar-refractivity contribution in [1.29, 1.82) is 0 Å². The van der Waals surface area contributed by atoms with Gasteiger partial charge in [-0.25, -0.2) is 9.18 Å². The van der Waals surface area contributed by atoms with Gasteiger partial charge in [0.05, 0.1) is 5.92 Å². The SMILES string of the molecule is CC(C)c1ccc(NC(=O)N2CCC[C@@H](c3nc(-c4ccc(F)cc4)no3)C2)cc1. The molecule has 1 atom stereocenters. The van der Waals surface area contributed by atoms with E-state index in [9.17, 15) is 9.18 Å². The third kappa shape index (κ3) is 4.50. The van der Waals surface area contributed by atoms with Crippen molar-refractivity contribution in [1.82, 2.24) is 15.0 Å². The smallest absolute Gasteiger partial charge is 0.321 e. The lowest BCUT2D eigenvalue weighted by Crippen LogP contribution is -2.41. The van der Waals surface area contributed by atoms with Crippen LogP contribution in [-0.4, -0.2) is 34.2 Å². The fourth-order valence-corrected chi connectivity index (χ4v) is 3.63. The van der Waals surface area contributed by atoms with Crippen LogP contribution < -0.4 is 5.32 Å². The van der Waals surface area contributed by atoms with Crippen LogP contribution in [0.15, 0.2) is 53.1 Å². The number of anilines is 1. The van der Waals surface area contributed by atoms with Crippen molar-refractivity contribution in [3.05, 3.63) is 65.8 Å². The molecule has 2 amide bonds. The second-order valence-electron chi connectivity index (χ2n) is 7.96.